The number of hydrogen-bond acceptors (Lipinski definition) is 3. The number of ether oxygens (including phenoxy) is 1. The molecule has 0 saturated carbocycles. The van der Waals surface area contributed by atoms with Crippen LogP contribution >= 0.6 is 11.6 Å². The third kappa shape index (κ3) is 5.44. The van der Waals surface area contributed by atoms with Gasteiger partial charge in [-0.2, -0.15) is 26.3 Å². The molecule has 2 unspecified atom stereocenters. The molecule has 2 heterocycles. The largest absolute Gasteiger partial charge is 0.416 e. The van der Waals surface area contributed by atoms with Gasteiger partial charge in [-0.05, 0) is 62.5 Å². The third-order valence-corrected chi connectivity index (χ3v) is 7.37. The molecule has 2 fully saturated rings. The summed E-state index contributed by atoms with van der Waals surface area (Å²) in [6.45, 7) is 1.41. The minimum atomic E-state index is -5.00. The SMILES string of the molecule is C[C@@H](O[C@H]1CN2C(=O)CC(N(C)C)C2[C@@H]1c1ccc(F)cc1Cl)c1cc(C(F)(F)F)cc(C(F)(F)F)c1. The van der Waals surface area contributed by atoms with Crippen molar-refractivity contribution in [1.82, 2.24) is 9.80 Å². The Labute approximate surface area is 213 Å². The van der Waals surface area contributed by atoms with Gasteiger partial charge in [0.2, 0.25) is 5.91 Å². The molecular weight excluding hydrogens is 529 g/mol. The number of benzene rings is 2. The highest BCUT2D eigenvalue weighted by Crippen LogP contribution is 2.46. The Hall–Kier alpha value is -2.37. The first-order valence-electron chi connectivity index (χ1n) is 11.4. The number of nitrogens with zero attached hydrogens (tertiary/aromatic N) is 2. The molecule has 2 aliphatic heterocycles. The number of likely N-dealkylation sites (N-methyl/N-ethyl adjacent to an activating group) is 1. The minimum absolute atomic E-state index is 0.0572. The number of amides is 1. The molecule has 0 radical (unpaired) electrons. The van der Waals surface area contributed by atoms with Crippen LogP contribution in [0.5, 0.6) is 0 Å². The predicted molar refractivity (Wildman–Crippen MR) is 121 cm³/mol. The second-order valence-corrected chi connectivity index (χ2v) is 10.0. The standard InChI is InChI=1S/C25H24ClF7N2O2/c1-12(13-6-14(24(28,29)30)8-15(7-13)25(31,32)33)37-20-11-35-21(36)10-19(34(2)3)23(35)22(20)17-5-4-16(27)9-18(17)26/h4-9,12,19-20,22-23H,10-11H2,1-3H3/t12-,19?,20+,22-,23?/m1/s1. The summed E-state index contributed by atoms with van der Waals surface area (Å²) >= 11 is 6.36. The fourth-order valence-electron chi connectivity index (χ4n) is 5.30. The van der Waals surface area contributed by atoms with Crippen LogP contribution in [0.1, 0.15) is 47.6 Å². The monoisotopic (exact) mass is 552 g/mol. The molecule has 2 aliphatic rings. The Morgan fingerprint density at radius 3 is 2.14 bits per heavy atom. The van der Waals surface area contributed by atoms with Gasteiger partial charge in [-0.3, -0.25) is 4.79 Å². The molecule has 0 spiro atoms. The molecule has 1 amide bonds. The van der Waals surface area contributed by atoms with Crippen molar-refractivity contribution in [1.29, 1.82) is 0 Å². The number of rotatable bonds is 5. The molecule has 0 N–H and O–H groups in total. The van der Waals surface area contributed by atoms with E-state index >= 15 is 0 Å². The summed E-state index contributed by atoms with van der Waals surface area (Å²) in [6.07, 6.45) is -11.8. The predicted octanol–water partition coefficient (Wildman–Crippen LogP) is 6.29. The first-order chi connectivity index (χ1) is 17.1. The van der Waals surface area contributed by atoms with Crippen molar-refractivity contribution in [2.24, 2.45) is 0 Å². The summed E-state index contributed by atoms with van der Waals surface area (Å²) < 4.78 is 100. The van der Waals surface area contributed by atoms with Gasteiger partial charge < -0.3 is 14.5 Å². The van der Waals surface area contributed by atoms with E-state index in [1.54, 1.807) is 19.0 Å². The second-order valence-electron chi connectivity index (χ2n) is 9.62. The van der Waals surface area contributed by atoms with Gasteiger partial charge >= 0.3 is 12.4 Å². The first-order valence-corrected chi connectivity index (χ1v) is 11.8. The van der Waals surface area contributed by atoms with Crippen LogP contribution in [0.25, 0.3) is 0 Å². The maximum absolute atomic E-state index is 13.8. The van der Waals surface area contributed by atoms with Crippen LogP contribution in [0, 0.1) is 5.82 Å². The molecular formula is C25H24ClF7N2O2. The molecule has 2 aromatic carbocycles. The lowest BCUT2D eigenvalue weighted by atomic mass is 9.85. The molecule has 2 saturated heterocycles. The van der Waals surface area contributed by atoms with E-state index in [1.165, 1.54) is 19.1 Å². The zero-order chi connectivity index (χ0) is 27.4. The Kier molecular flexibility index (Phi) is 7.28. The van der Waals surface area contributed by atoms with E-state index in [-0.39, 0.29) is 41.6 Å². The van der Waals surface area contributed by atoms with Crippen LogP contribution in [-0.4, -0.2) is 54.5 Å². The van der Waals surface area contributed by atoms with Crippen molar-refractivity contribution in [2.45, 2.75) is 55.9 Å². The van der Waals surface area contributed by atoms with E-state index in [0.29, 0.717) is 17.7 Å². The smallest absolute Gasteiger partial charge is 0.368 e. The van der Waals surface area contributed by atoms with Crippen LogP contribution in [0.4, 0.5) is 30.7 Å². The van der Waals surface area contributed by atoms with Gasteiger partial charge in [0.05, 0.1) is 29.4 Å². The number of carbonyl (C=O) groups is 1. The number of halogens is 8. The summed E-state index contributed by atoms with van der Waals surface area (Å²) in [4.78, 5) is 16.3. The summed E-state index contributed by atoms with van der Waals surface area (Å²) in [5.41, 5.74) is -2.72. The minimum Gasteiger partial charge on any atom is -0.368 e. The summed E-state index contributed by atoms with van der Waals surface area (Å²) in [5.74, 6) is -1.34. The van der Waals surface area contributed by atoms with Crippen molar-refractivity contribution in [2.75, 3.05) is 20.6 Å². The molecule has 4 rings (SSSR count). The Bertz CT molecular complexity index is 1150. The zero-order valence-corrected chi connectivity index (χ0v) is 20.8. The van der Waals surface area contributed by atoms with E-state index < -0.39 is 53.5 Å². The molecule has 2 aromatic rings. The highest BCUT2D eigenvalue weighted by atomic mass is 35.5. The average Bonchev–Trinajstić information content (AvgIpc) is 3.29. The van der Waals surface area contributed by atoms with Crippen molar-refractivity contribution in [3.8, 4) is 0 Å². The Balaban J connectivity index is 1.73. The fourth-order valence-corrected chi connectivity index (χ4v) is 5.59. The third-order valence-electron chi connectivity index (χ3n) is 7.05. The van der Waals surface area contributed by atoms with Crippen molar-refractivity contribution in [3.63, 3.8) is 0 Å². The van der Waals surface area contributed by atoms with Crippen LogP contribution in [0.2, 0.25) is 5.02 Å². The van der Waals surface area contributed by atoms with Crippen LogP contribution in [0.3, 0.4) is 0 Å². The summed E-state index contributed by atoms with van der Waals surface area (Å²) in [6, 6.07) is 4.41. The topological polar surface area (TPSA) is 32.8 Å². The first kappa shape index (κ1) is 27.7. The molecule has 0 aromatic heterocycles. The average molecular weight is 553 g/mol. The highest BCUT2D eigenvalue weighted by molar-refractivity contribution is 6.31. The van der Waals surface area contributed by atoms with Crippen molar-refractivity contribution < 1.29 is 40.3 Å². The summed E-state index contributed by atoms with van der Waals surface area (Å²) in [5, 5.41) is 0.0865. The van der Waals surface area contributed by atoms with E-state index in [4.69, 9.17) is 16.3 Å². The maximum atomic E-state index is 13.8. The molecule has 12 heteroatoms. The molecule has 5 atom stereocenters. The zero-order valence-electron chi connectivity index (χ0n) is 20.0. The lowest BCUT2D eigenvalue weighted by Gasteiger charge is -2.32. The van der Waals surface area contributed by atoms with Gasteiger partial charge in [-0.1, -0.05) is 17.7 Å². The van der Waals surface area contributed by atoms with Crippen molar-refractivity contribution >= 4 is 17.5 Å². The Morgan fingerprint density at radius 1 is 1.03 bits per heavy atom. The van der Waals surface area contributed by atoms with Gasteiger partial charge in [0.25, 0.3) is 0 Å². The van der Waals surface area contributed by atoms with Gasteiger partial charge in [0.1, 0.15) is 5.82 Å². The molecule has 0 bridgehead atoms. The summed E-state index contributed by atoms with van der Waals surface area (Å²) in [7, 11) is 3.59. The number of alkyl halides is 6. The number of carbonyl (C=O) groups excluding carboxylic acids is 1. The molecule has 202 valence electrons. The number of hydrogen-bond donors (Lipinski definition) is 0. The van der Waals surface area contributed by atoms with Crippen LogP contribution < -0.4 is 0 Å². The lowest BCUT2D eigenvalue weighted by Crippen LogP contribution is -2.42. The molecule has 0 aliphatic carbocycles. The van der Waals surface area contributed by atoms with Gasteiger partial charge in [-0.15, -0.1) is 0 Å². The van der Waals surface area contributed by atoms with E-state index in [0.717, 1.165) is 6.07 Å². The quantitative estimate of drug-likeness (QED) is 0.409. The second kappa shape index (κ2) is 9.74. The van der Waals surface area contributed by atoms with Crippen molar-refractivity contribution in [3.05, 3.63) is 69.5 Å². The van der Waals surface area contributed by atoms with Crippen LogP contribution in [-0.2, 0) is 21.9 Å². The van der Waals surface area contributed by atoms with Crippen LogP contribution in [0.15, 0.2) is 36.4 Å². The lowest BCUT2D eigenvalue weighted by molar-refractivity contribution is -0.143. The van der Waals surface area contributed by atoms with E-state index in [1.807, 2.05) is 4.90 Å². The molecule has 37 heavy (non-hydrogen) atoms. The van der Waals surface area contributed by atoms with E-state index in [2.05, 4.69) is 0 Å². The van der Waals surface area contributed by atoms with E-state index in [9.17, 15) is 35.5 Å². The molecule has 4 nitrogen and oxygen atoms in total. The van der Waals surface area contributed by atoms with Gasteiger partial charge in [0.15, 0.2) is 0 Å². The fraction of sp³-hybridized carbons (Fsp3) is 0.480. The van der Waals surface area contributed by atoms with Gasteiger partial charge in [0, 0.05) is 29.9 Å². The number of fused-ring (bicyclic) bond motifs is 1. The normalized spacial score (nSPS) is 25.2. The van der Waals surface area contributed by atoms with Gasteiger partial charge in [-0.25, -0.2) is 4.39 Å². The maximum Gasteiger partial charge on any atom is 0.416 e. The Morgan fingerprint density at radius 2 is 1.62 bits per heavy atom. The highest BCUT2D eigenvalue weighted by Gasteiger charge is 2.54.